The summed E-state index contributed by atoms with van der Waals surface area (Å²) in [7, 11) is -0.864. The van der Waals surface area contributed by atoms with Gasteiger partial charge in [-0.2, -0.15) is 0 Å². The summed E-state index contributed by atoms with van der Waals surface area (Å²) in [6.45, 7) is 2.22. The van der Waals surface area contributed by atoms with Crippen LogP contribution in [0.2, 0.25) is 0 Å². The Morgan fingerprint density at radius 1 is 1.24 bits per heavy atom. The Balaban J connectivity index is 1.89. The number of fused-ring (bicyclic) bond motifs is 1. The Hall–Kier alpha value is -2.36. The summed E-state index contributed by atoms with van der Waals surface area (Å²) in [6, 6.07) is 10.1. The summed E-state index contributed by atoms with van der Waals surface area (Å²) in [5, 5.41) is 2.74. The Labute approximate surface area is 178 Å². The van der Waals surface area contributed by atoms with Gasteiger partial charge in [0.1, 0.15) is 23.0 Å². The summed E-state index contributed by atoms with van der Waals surface area (Å²) >= 11 is 3.40. The molecule has 3 rings (SSSR count). The summed E-state index contributed by atoms with van der Waals surface area (Å²) in [5.74, 6) is 0.566. The van der Waals surface area contributed by atoms with Gasteiger partial charge in [0.05, 0.1) is 12.2 Å². The van der Waals surface area contributed by atoms with Crippen molar-refractivity contribution in [3.63, 3.8) is 0 Å². The van der Waals surface area contributed by atoms with E-state index in [1.54, 1.807) is 19.1 Å². The van der Waals surface area contributed by atoms with Crippen molar-refractivity contribution in [3.8, 4) is 11.5 Å². The topological polar surface area (TPSA) is 84.9 Å². The van der Waals surface area contributed by atoms with Crippen LogP contribution in [-0.2, 0) is 14.8 Å². The van der Waals surface area contributed by atoms with Gasteiger partial charge in [0.2, 0.25) is 10.0 Å². The number of halogens is 1. The van der Waals surface area contributed by atoms with Crippen molar-refractivity contribution in [2.45, 2.75) is 11.8 Å². The van der Waals surface area contributed by atoms with Crippen LogP contribution < -0.4 is 14.8 Å². The van der Waals surface area contributed by atoms with Gasteiger partial charge in [-0.05, 0) is 49.4 Å². The van der Waals surface area contributed by atoms with E-state index in [2.05, 4.69) is 21.2 Å². The fraction of sp³-hybridized carbons (Fsp3) is 0.250. The highest BCUT2D eigenvalue weighted by Gasteiger charge is 2.24. The zero-order valence-corrected chi connectivity index (χ0v) is 18.6. The molecule has 2 aromatic rings. The number of rotatable bonds is 6. The van der Waals surface area contributed by atoms with E-state index >= 15 is 0 Å². The standard InChI is InChI=1S/C20H21BrN2O5S/c1-4-27-18-8-6-16(11-19(18)29(25,26)23(2)3)22-20(24)14-9-13-10-15(21)5-7-17(13)28-12-14/h5-11H,4,12H2,1-3H3,(H,22,24). The van der Waals surface area contributed by atoms with Gasteiger partial charge in [-0.25, -0.2) is 12.7 Å². The molecule has 0 spiro atoms. The second kappa shape index (κ2) is 8.56. The van der Waals surface area contributed by atoms with Crippen LogP contribution in [0.1, 0.15) is 12.5 Å². The van der Waals surface area contributed by atoms with Crippen molar-refractivity contribution in [3.05, 3.63) is 52.0 Å². The number of carbonyl (C=O) groups excluding carboxylic acids is 1. The summed E-state index contributed by atoms with van der Waals surface area (Å²) in [4.78, 5) is 12.7. The zero-order valence-electron chi connectivity index (χ0n) is 16.2. The van der Waals surface area contributed by atoms with Gasteiger partial charge in [0.15, 0.2) is 0 Å². The smallest absolute Gasteiger partial charge is 0.255 e. The van der Waals surface area contributed by atoms with Gasteiger partial charge in [-0.15, -0.1) is 0 Å². The molecular formula is C20H21BrN2O5S. The van der Waals surface area contributed by atoms with E-state index in [-0.39, 0.29) is 23.2 Å². The van der Waals surface area contributed by atoms with Crippen LogP contribution >= 0.6 is 15.9 Å². The third-order valence-electron chi connectivity index (χ3n) is 4.24. The van der Waals surface area contributed by atoms with Gasteiger partial charge >= 0.3 is 0 Å². The molecule has 154 valence electrons. The number of carbonyl (C=O) groups is 1. The summed E-state index contributed by atoms with van der Waals surface area (Å²) in [6.07, 6.45) is 1.75. The Morgan fingerprint density at radius 3 is 2.69 bits per heavy atom. The van der Waals surface area contributed by atoms with Crippen LogP contribution in [0.25, 0.3) is 6.08 Å². The lowest BCUT2D eigenvalue weighted by atomic mass is 10.1. The lowest BCUT2D eigenvalue weighted by molar-refractivity contribution is -0.113. The molecule has 0 aliphatic carbocycles. The van der Waals surface area contributed by atoms with Gasteiger partial charge in [0.25, 0.3) is 5.91 Å². The van der Waals surface area contributed by atoms with E-state index in [4.69, 9.17) is 9.47 Å². The maximum Gasteiger partial charge on any atom is 0.255 e. The van der Waals surface area contributed by atoms with Crippen LogP contribution in [0.3, 0.4) is 0 Å². The molecular weight excluding hydrogens is 460 g/mol. The summed E-state index contributed by atoms with van der Waals surface area (Å²) < 4.78 is 38.3. The van der Waals surface area contributed by atoms with Crippen LogP contribution in [-0.4, -0.2) is 45.9 Å². The molecule has 2 aromatic carbocycles. The van der Waals surface area contributed by atoms with E-state index in [9.17, 15) is 13.2 Å². The van der Waals surface area contributed by atoms with Crippen molar-refractivity contribution in [1.82, 2.24) is 4.31 Å². The average molecular weight is 481 g/mol. The monoisotopic (exact) mass is 480 g/mol. The minimum absolute atomic E-state index is 0.00898. The fourth-order valence-corrected chi connectivity index (χ4v) is 4.18. The molecule has 0 bridgehead atoms. The number of sulfonamides is 1. The zero-order chi connectivity index (χ0) is 21.2. The first kappa shape index (κ1) is 21.4. The normalized spacial score (nSPS) is 13.3. The molecule has 0 aromatic heterocycles. The van der Waals surface area contributed by atoms with Gasteiger partial charge < -0.3 is 14.8 Å². The molecule has 0 fully saturated rings. The average Bonchev–Trinajstić information content (AvgIpc) is 2.68. The second-order valence-electron chi connectivity index (χ2n) is 6.48. The Bertz CT molecular complexity index is 1080. The molecule has 7 nitrogen and oxygen atoms in total. The highest BCUT2D eigenvalue weighted by Crippen LogP contribution is 2.31. The number of benzene rings is 2. The molecule has 0 saturated carbocycles. The van der Waals surface area contributed by atoms with Crippen LogP contribution in [0.4, 0.5) is 5.69 Å². The third-order valence-corrected chi connectivity index (χ3v) is 6.57. The molecule has 9 heteroatoms. The number of anilines is 1. The molecule has 1 aliphatic rings. The SMILES string of the molecule is CCOc1ccc(NC(=O)C2=Cc3cc(Br)ccc3OC2)cc1S(=O)(=O)N(C)C. The molecule has 1 N–H and O–H groups in total. The largest absolute Gasteiger partial charge is 0.492 e. The number of nitrogens with one attached hydrogen (secondary N) is 1. The predicted octanol–water partition coefficient (Wildman–Crippen LogP) is 3.51. The molecule has 0 saturated heterocycles. The predicted molar refractivity (Wildman–Crippen MR) is 115 cm³/mol. The first-order chi connectivity index (χ1) is 13.7. The molecule has 0 atom stereocenters. The van der Waals surface area contributed by atoms with Crippen molar-refractivity contribution in [2.75, 3.05) is 32.6 Å². The van der Waals surface area contributed by atoms with Crippen LogP contribution in [0.5, 0.6) is 11.5 Å². The van der Waals surface area contributed by atoms with E-state index in [0.717, 1.165) is 14.3 Å². The van der Waals surface area contributed by atoms with Crippen LogP contribution in [0.15, 0.2) is 51.3 Å². The van der Waals surface area contributed by atoms with Gasteiger partial charge in [0, 0.05) is 29.8 Å². The number of ether oxygens (including phenoxy) is 2. The van der Waals surface area contributed by atoms with Gasteiger partial charge in [-0.3, -0.25) is 4.79 Å². The Morgan fingerprint density at radius 2 is 2.00 bits per heavy atom. The first-order valence-electron chi connectivity index (χ1n) is 8.86. The fourth-order valence-electron chi connectivity index (χ4n) is 2.75. The number of hydrogen-bond donors (Lipinski definition) is 1. The highest BCUT2D eigenvalue weighted by atomic mass is 79.9. The third kappa shape index (κ3) is 4.63. The number of amides is 1. The minimum Gasteiger partial charge on any atom is -0.492 e. The number of nitrogens with zero attached hydrogens (tertiary/aromatic N) is 1. The molecule has 29 heavy (non-hydrogen) atoms. The Kier molecular flexibility index (Phi) is 6.30. The quantitative estimate of drug-likeness (QED) is 0.683. The minimum atomic E-state index is -3.75. The van der Waals surface area contributed by atoms with Crippen molar-refractivity contribution >= 4 is 43.6 Å². The van der Waals surface area contributed by atoms with Gasteiger partial charge in [-0.1, -0.05) is 15.9 Å². The molecule has 0 unspecified atom stereocenters. The lowest BCUT2D eigenvalue weighted by Gasteiger charge is -2.19. The molecule has 1 aliphatic heterocycles. The maximum atomic E-state index is 12.7. The second-order valence-corrected chi connectivity index (χ2v) is 9.51. The molecule has 0 radical (unpaired) electrons. The van der Waals surface area contributed by atoms with E-state index in [1.165, 1.54) is 26.2 Å². The molecule has 1 heterocycles. The van der Waals surface area contributed by atoms with Crippen LogP contribution in [0, 0.1) is 0 Å². The number of hydrogen-bond acceptors (Lipinski definition) is 5. The summed E-state index contributed by atoms with van der Waals surface area (Å²) in [5.41, 5.74) is 1.57. The van der Waals surface area contributed by atoms with Crippen molar-refractivity contribution < 1.29 is 22.7 Å². The first-order valence-corrected chi connectivity index (χ1v) is 11.1. The highest BCUT2D eigenvalue weighted by molar-refractivity contribution is 9.10. The van der Waals surface area contributed by atoms with E-state index in [1.807, 2.05) is 18.2 Å². The maximum absolute atomic E-state index is 12.7. The van der Waals surface area contributed by atoms with Crippen molar-refractivity contribution in [2.24, 2.45) is 0 Å². The lowest BCUT2D eigenvalue weighted by Crippen LogP contribution is -2.24. The van der Waals surface area contributed by atoms with E-state index < -0.39 is 10.0 Å². The van der Waals surface area contributed by atoms with E-state index in [0.29, 0.717) is 23.6 Å². The van der Waals surface area contributed by atoms with Crippen molar-refractivity contribution in [1.29, 1.82) is 0 Å². The molecule has 1 amide bonds.